The van der Waals surface area contributed by atoms with Gasteiger partial charge in [-0.25, -0.2) is 0 Å². The molecule has 1 aromatic carbocycles. The smallest absolute Gasteiger partial charge is 0.303 e. The van der Waals surface area contributed by atoms with Crippen molar-refractivity contribution in [3.63, 3.8) is 0 Å². The number of hydrogen-bond acceptors (Lipinski definition) is 2. The molecular formula is C12H14O3. The predicted molar refractivity (Wildman–Crippen MR) is 56.2 cm³/mol. The normalized spacial score (nSPS) is 18.3. The molecule has 1 heterocycles. The van der Waals surface area contributed by atoms with Crippen LogP contribution in [0, 0.1) is 6.92 Å². The number of carbonyl (C=O) groups is 1. The third-order valence-corrected chi connectivity index (χ3v) is 2.71. The highest BCUT2D eigenvalue weighted by Gasteiger charge is 2.24. The zero-order chi connectivity index (χ0) is 10.8. The fourth-order valence-electron chi connectivity index (χ4n) is 1.94. The Morgan fingerprint density at radius 1 is 1.60 bits per heavy atom. The number of carboxylic acid groups (broad SMARTS) is 1. The standard InChI is InChI=1S/C12H14O3/c1-8-3-2-4-9-7-10(15-12(8)9)5-6-11(13)14/h2-4,10H,5-7H2,1H3,(H,13,14). The zero-order valence-corrected chi connectivity index (χ0v) is 8.69. The number of carboxylic acids is 1. The lowest BCUT2D eigenvalue weighted by Gasteiger charge is -2.09. The summed E-state index contributed by atoms with van der Waals surface area (Å²) in [6.45, 7) is 2.01. The molecule has 0 saturated heterocycles. The summed E-state index contributed by atoms with van der Waals surface area (Å²) < 4.78 is 5.72. The first-order valence-electron chi connectivity index (χ1n) is 5.14. The molecule has 1 aliphatic rings. The second-order valence-corrected chi connectivity index (χ2v) is 3.94. The van der Waals surface area contributed by atoms with Gasteiger partial charge in [-0.2, -0.15) is 0 Å². The van der Waals surface area contributed by atoms with Crippen LogP contribution in [0.4, 0.5) is 0 Å². The summed E-state index contributed by atoms with van der Waals surface area (Å²) >= 11 is 0. The van der Waals surface area contributed by atoms with E-state index in [0.717, 1.165) is 17.7 Å². The van der Waals surface area contributed by atoms with Crippen LogP contribution in [0.15, 0.2) is 18.2 Å². The zero-order valence-electron chi connectivity index (χ0n) is 8.69. The lowest BCUT2D eigenvalue weighted by molar-refractivity contribution is -0.137. The van der Waals surface area contributed by atoms with Gasteiger partial charge in [0.25, 0.3) is 0 Å². The largest absolute Gasteiger partial charge is 0.490 e. The Hall–Kier alpha value is -1.51. The van der Waals surface area contributed by atoms with E-state index in [1.807, 2.05) is 25.1 Å². The number of rotatable bonds is 3. The maximum absolute atomic E-state index is 10.4. The van der Waals surface area contributed by atoms with Crippen LogP contribution in [0.1, 0.15) is 24.0 Å². The Labute approximate surface area is 88.7 Å². The van der Waals surface area contributed by atoms with Gasteiger partial charge in [0.1, 0.15) is 11.9 Å². The summed E-state index contributed by atoms with van der Waals surface area (Å²) in [5.74, 6) is 0.194. The summed E-state index contributed by atoms with van der Waals surface area (Å²) in [5, 5.41) is 8.59. The first kappa shape index (κ1) is 10.0. The fraction of sp³-hybridized carbons (Fsp3) is 0.417. The monoisotopic (exact) mass is 206 g/mol. The molecule has 1 aliphatic heterocycles. The number of ether oxygens (including phenoxy) is 1. The quantitative estimate of drug-likeness (QED) is 0.824. The molecular weight excluding hydrogens is 192 g/mol. The molecule has 1 atom stereocenters. The van der Waals surface area contributed by atoms with Crippen molar-refractivity contribution < 1.29 is 14.6 Å². The van der Waals surface area contributed by atoms with Gasteiger partial charge in [-0.05, 0) is 24.5 Å². The minimum absolute atomic E-state index is 0.0391. The summed E-state index contributed by atoms with van der Waals surface area (Å²) in [4.78, 5) is 10.4. The van der Waals surface area contributed by atoms with E-state index in [1.165, 1.54) is 5.56 Å². The van der Waals surface area contributed by atoms with Crippen molar-refractivity contribution in [1.29, 1.82) is 0 Å². The van der Waals surface area contributed by atoms with E-state index in [2.05, 4.69) is 0 Å². The van der Waals surface area contributed by atoms with E-state index in [9.17, 15) is 4.79 Å². The number of fused-ring (bicyclic) bond motifs is 1. The van der Waals surface area contributed by atoms with Crippen molar-refractivity contribution in [2.75, 3.05) is 0 Å². The minimum Gasteiger partial charge on any atom is -0.490 e. The molecule has 0 aliphatic carbocycles. The van der Waals surface area contributed by atoms with Crippen LogP contribution in [0.5, 0.6) is 5.75 Å². The molecule has 1 N–H and O–H groups in total. The second-order valence-electron chi connectivity index (χ2n) is 3.94. The van der Waals surface area contributed by atoms with Crippen LogP contribution >= 0.6 is 0 Å². The van der Waals surface area contributed by atoms with E-state index in [0.29, 0.717) is 6.42 Å². The molecule has 3 heteroatoms. The van der Waals surface area contributed by atoms with E-state index in [4.69, 9.17) is 9.84 Å². The van der Waals surface area contributed by atoms with Gasteiger partial charge in [0.05, 0.1) is 0 Å². The Morgan fingerprint density at radius 3 is 3.07 bits per heavy atom. The summed E-state index contributed by atoms with van der Waals surface area (Å²) in [5.41, 5.74) is 2.33. The molecule has 15 heavy (non-hydrogen) atoms. The van der Waals surface area contributed by atoms with Crippen molar-refractivity contribution in [1.82, 2.24) is 0 Å². The number of para-hydroxylation sites is 1. The highest BCUT2D eigenvalue weighted by molar-refractivity contribution is 5.66. The summed E-state index contributed by atoms with van der Waals surface area (Å²) in [6.07, 6.45) is 1.64. The van der Waals surface area contributed by atoms with Crippen molar-refractivity contribution in [3.8, 4) is 5.75 Å². The lowest BCUT2D eigenvalue weighted by atomic mass is 10.1. The predicted octanol–water partition coefficient (Wildman–Crippen LogP) is 2.16. The van der Waals surface area contributed by atoms with E-state index in [1.54, 1.807) is 0 Å². The van der Waals surface area contributed by atoms with E-state index < -0.39 is 5.97 Å². The Bertz CT molecular complexity index is 384. The van der Waals surface area contributed by atoms with Crippen LogP contribution in [0.2, 0.25) is 0 Å². The molecule has 0 aromatic heterocycles. The van der Waals surface area contributed by atoms with Gasteiger partial charge in [0.2, 0.25) is 0 Å². The first-order valence-corrected chi connectivity index (χ1v) is 5.14. The Morgan fingerprint density at radius 2 is 2.40 bits per heavy atom. The molecule has 1 aromatic rings. The first-order chi connectivity index (χ1) is 7.16. The highest BCUT2D eigenvalue weighted by atomic mass is 16.5. The van der Waals surface area contributed by atoms with Crippen molar-refractivity contribution in [3.05, 3.63) is 29.3 Å². The number of benzene rings is 1. The van der Waals surface area contributed by atoms with E-state index >= 15 is 0 Å². The molecule has 0 bridgehead atoms. The van der Waals surface area contributed by atoms with Crippen LogP contribution < -0.4 is 4.74 Å². The number of hydrogen-bond donors (Lipinski definition) is 1. The average molecular weight is 206 g/mol. The third kappa shape index (κ3) is 2.12. The van der Waals surface area contributed by atoms with Gasteiger partial charge < -0.3 is 9.84 Å². The third-order valence-electron chi connectivity index (χ3n) is 2.71. The Balaban J connectivity index is 2.03. The van der Waals surface area contributed by atoms with Crippen molar-refractivity contribution in [2.45, 2.75) is 32.3 Å². The van der Waals surface area contributed by atoms with Crippen LogP contribution in [-0.2, 0) is 11.2 Å². The maximum atomic E-state index is 10.4. The fourth-order valence-corrected chi connectivity index (χ4v) is 1.94. The molecule has 0 fully saturated rings. The van der Waals surface area contributed by atoms with Crippen molar-refractivity contribution >= 4 is 5.97 Å². The topological polar surface area (TPSA) is 46.5 Å². The minimum atomic E-state index is -0.758. The van der Waals surface area contributed by atoms with Crippen molar-refractivity contribution in [2.24, 2.45) is 0 Å². The number of aliphatic carboxylic acids is 1. The van der Waals surface area contributed by atoms with Gasteiger partial charge in [-0.3, -0.25) is 4.79 Å². The average Bonchev–Trinajstić information content (AvgIpc) is 2.59. The molecule has 1 unspecified atom stereocenters. The highest BCUT2D eigenvalue weighted by Crippen LogP contribution is 2.33. The molecule has 3 nitrogen and oxygen atoms in total. The SMILES string of the molecule is Cc1cccc2c1OC(CCC(=O)O)C2. The lowest BCUT2D eigenvalue weighted by Crippen LogP contribution is -2.14. The molecule has 2 rings (SSSR count). The van der Waals surface area contributed by atoms with Gasteiger partial charge in [0.15, 0.2) is 0 Å². The van der Waals surface area contributed by atoms with Crippen LogP contribution in [-0.4, -0.2) is 17.2 Å². The molecule has 0 radical (unpaired) electrons. The van der Waals surface area contributed by atoms with E-state index in [-0.39, 0.29) is 12.5 Å². The number of aryl methyl sites for hydroxylation is 1. The molecule has 0 spiro atoms. The van der Waals surface area contributed by atoms with Gasteiger partial charge in [-0.15, -0.1) is 0 Å². The Kier molecular flexibility index (Phi) is 2.62. The molecule has 80 valence electrons. The van der Waals surface area contributed by atoms with Crippen LogP contribution in [0.25, 0.3) is 0 Å². The molecule has 0 amide bonds. The maximum Gasteiger partial charge on any atom is 0.303 e. The van der Waals surface area contributed by atoms with Crippen LogP contribution in [0.3, 0.4) is 0 Å². The summed E-state index contributed by atoms with van der Waals surface area (Å²) in [6, 6.07) is 6.07. The second kappa shape index (κ2) is 3.93. The molecule has 0 saturated carbocycles. The van der Waals surface area contributed by atoms with Gasteiger partial charge >= 0.3 is 5.97 Å². The van der Waals surface area contributed by atoms with Gasteiger partial charge in [0, 0.05) is 12.8 Å². The van der Waals surface area contributed by atoms with Gasteiger partial charge in [-0.1, -0.05) is 18.2 Å². The summed E-state index contributed by atoms with van der Waals surface area (Å²) in [7, 11) is 0.